The van der Waals surface area contributed by atoms with Gasteiger partial charge in [0.05, 0.1) is 5.92 Å². The topological polar surface area (TPSA) is 38.4 Å². The fourth-order valence-corrected chi connectivity index (χ4v) is 2.20. The Hall–Kier alpha value is -0.860. The molecule has 0 aliphatic carbocycles. The molecule has 0 fully saturated rings. The first-order valence-electron chi connectivity index (χ1n) is 5.77. The highest BCUT2D eigenvalue weighted by Crippen LogP contribution is 2.19. The van der Waals surface area contributed by atoms with Gasteiger partial charge in [-0.05, 0) is 5.10 Å². The molecule has 3 nitrogen and oxygen atoms in total. The van der Waals surface area contributed by atoms with Gasteiger partial charge in [-0.1, -0.05) is 39.3 Å². The van der Waals surface area contributed by atoms with Crippen molar-refractivity contribution in [2.24, 2.45) is 22.9 Å². The summed E-state index contributed by atoms with van der Waals surface area (Å²) in [7, 11) is 0. The van der Waals surface area contributed by atoms with Crippen molar-refractivity contribution in [2.75, 3.05) is 0 Å². The minimum Gasteiger partial charge on any atom is -0.857 e. The van der Waals surface area contributed by atoms with Crippen molar-refractivity contribution in [3.8, 4) is 0 Å². The minimum absolute atomic E-state index is 0.0151. The van der Waals surface area contributed by atoms with Gasteiger partial charge in [0.1, 0.15) is 0 Å². The molecule has 0 aromatic carbocycles. The second-order valence-corrected chi connectivity index (χ2v) is 5.05. The van der Waals surface area contributed by atoms with Crippen LogP contribution in [0.3, 0.4) is 0 Å². The highest BCUT2D eigenvalue weighted by atomic mass is 16.3. The first kappa shape index (κ1) is 12.2. The van der Waals surface area contributed by atoms with E-state index >= 15 is 0 Å². The van der Waals surface area contributed by atoms with Crippen molar-refractivity contribution in [3.05, 3.63) is 0 Å². The lowest BCUT2D eigenvalue weighted by Gasteiger charge is -2.14. The standard InChI is InChI=1S/C12H22N2O/c1-7(2)11(8(3)4)14-10(6)9(5)12(15)13-14/h7-10H,1-6H3. The molecule has 0 saturated carbocycles. The molecule has 0 saturated heterocycles. The molecule has 1 heterocycles. The van der Waals surface area contributed by atoms with Crippen molar-refractivity contribution in [3.63, 3.8) is 0 Å². The van der Waals surface area contributed by atoms with Gasteiger partial charge in [-0.2, -0.15) is 0 Å². The summed E-state index contributed by atoms with van der Waals surface area (Å²) >= 11 is 0. The molecule has 0 amide bonds. The zero-order chi connectivity index (χ0) is 11.7. The predicted molar refractivity (Wildman–Crippen MR) is 61.0 cm³/mol. The van der Waals surface area contributed by atoms with Gasteiger partial charge in [0.15, 0.2) is 11.8 Å². The highest BCUT2D eigenvalue weighted by Gasteiger charge is 2.35. The summed E-state index contributed by atoms with van der Waals surface area (Å²) in [5.74, 6) is 0.919. The molecule has 0 spiro atoms. The number of hydrogen-bond acceptors (Lipinski definition) is 2. The van der Waals surface area contributed by atoms with Gasteiger partial charge in [0, 0.05) is 24.7 Å². The van der Waals surface area contributed by atoms with Crippen LogP contribution in [0.4, 0.5) is 0 Å². The van der Waals surface area contributed by atoms with Crippen LogP contribution < -0.4 is 5.11 Å². The summed E-state index contributed by atoms with van der Waals surface area (Å²) in [4.78, 5) is 0. The van der Waals surface area contributed by atoms with Crippen LogP contribution in [0.2, 0.25) is 0 Å². The quantitative estimate of drug-likeness (QED) is 0.636. The van der Waals surface area contributed by atoms with Gasteiger partial charge in [-0.25, -0.2) is 0 Å². The van der Waals surface area contributed by atoms with E-state index in [0.717, 1.165) is 0 Å². The third-order valence-electron chi connectivity index (χ3n) is 3.15. The second kappa shape index (κ2) is 4.33. The molecule has 1 rings (SSSR count). The Labute approximate surface area is 92.5 Å². The molecule has 0 bridgehead atoms. The Morgan fingerprint density at radius 2 is 1.67 bits per heavy atom. The van der Waals surface area contributed by atoms with Crippen molar-refractivity contribution in [1.82, 2.24) is 0 Å². The summed E-state index contributed by atoms with van der Waals surface area (Å²) in [5, 5.41) is 15.7. The summed E-state index contributed by atoms with van der Waals surface area (Å²) < 4.78 is 1.95. The predicted octanol–water partition coefficient (Wildman–Crippen LogP) is 1.46. The van der Waals surface area contributed by atoms with Crippen LogP contribution in [0.25, 0.3) is 0 Å². The van der Waals surface area contributed by atoms with E-state index in [1.54, 1.807) is 0 Å². The number of hydrogen-bond donors (Lipinski definition) is 0. The van der Waals surface area contributed by atoms with Crippen LogP contribution in [0.1, 0.15) is 41.5 Å². The molecule has 0 N–H and O–H groups in total. The fraction of sp³-hybridized carbons (Fsp3) is 0.833. The first-order chi connectivity index (χ1) is 6.86. The summed E-state index contributed by atoms with van der Waals surface area (Å²) in [5.41, 5.74) is 1.26. The molecule has 2 unspecified atom stereocenters. The summed E-state index contributed by atoms with van der Waals surface area (Å²) in [6.07, 6.45) is 0. The average Bonchev–Trinajstić information content (AvgIpc) is 2.33. The average molecular weight is 210 g/mol. The lowest BCUT2D eigenvalue weighted by atomic mass is 9.96. The zero-order valence-corrected chi connectivity index (χ0v) is 10.6. The maximum absolute atomic E-state index is 11.5. The van der Waals surface area contributed by atoms with Crippen LogP contribution >= 0.6 is 0 Å². The number of rotatable bonds is 2. The van der Waals surface area contributed by atoms with E-state index in [2.05, 4.69) is 39.7 Å². The fourth-order valence-electron chi connectivity index (χ4n) is 2.20. The molecule has 15 heavy (non-hydrogen) atoms. The van der Waals surface area contributed by atoms with Crippen molar-refractivity contribution in [2.45, 2.75) is 47.6 Å². The van der Waals surface area contributed by atoms with Crippen molar-refractivity contribution in [1.29, 1.82) is 0 Å². The molecular weight excluding hydrogens is 188 g/mol. The van der Waals surface area contributed by atoms with E-state index in [1.165, 1.54) is 5.71 Å². The van der Waals surface area contributed by atoms with Gasteiger partial charge in [-0.15, -0.1) is 0 Å². The van der Waals surface area contributed by atoms with E-state index < -0.39 is 0 Å². The molecule has 0 aromatic rings. The van der Waals surface area contributed by atoms with Gasteiger partial charge in [-0.3, -0.25) is 0 Å². The van der Waals surface area contributed by atoms with Crippen molar-refractivity contribution < 1.29 is 9.79 Å². The van der Waals surface area contributed by atoms with Gasteiger partial charge in [0.2, 0.25) is 0 Å². The van der Waals surface area contributed by atoms with E-state index in [0.29, 0.717) is 11.8 Å². The molecule has 3 heteroatoms. The van der Waals surface area contributed by atoms with E-state index in [-0.39, 0.29) is 17.9 Å². The van der Waals surface area contributed by atoms with Gasteiger partial charge >= 0.3 is 0 Å². The first-order valence-corrected chi connectivity index (χ1v) is 5.77. The Morgan fingerprint density at radius 1 is 1.20 bits per heavy atom. The SMILES string of the molecule is CC(C)C(C(C)C)=[N+]1N=C([O-])C(C)C1C. The van der Waals surface area contributed by atoms with Crippen LogP contribution in [0, 0.1) is 17.8 Å². The van der Waals surface area contributed by atoms with Crippen molar-refractivity contribution >= 4 is 11.6 Å². The second-order valence-electron chi connectivity index (χ2n) is 5.05. The normalized spacial score (nSPS) is 26.4. The van der Waals surface area contributed by atoms with Gasteiger partial charge < -0.3 is 5.11 Å². The summed E-state index contributed by atoms with van der Waals surface area (Å²) in [6, 6.07) is 0.206. The molecule has 86 valence electrons. The molecule has 1 aliphatic rings. The number of nitrogens with zero attached hydrogens (tertiary/aromatic N) is 2. The molecule has 1 aliphatic heterocycles. The van der Waals surface area contributed by atoms with E-state index in [9.17, 15) is 5.11 Å². The lowest BCUT2D eigenvalue weighted by Crippen LogP contribution is -2.33. The zero-order valence-electron chi connectivity index (χ0n) is 10.6. The smallest absolute Gasteiger partial charge is 0.190 e. The van der Waals surface area contributed by atoms with E-state index in [1.807, 2.05) is 11.6 Å². The van der Waals surface area contributed by atoms with Crippen LogP contribution in [0.5, 0.6) is 0 Å². The Balaban J connectivity index is 3.18. The molecule has 0 radical (unpaired) electrons. The third kappa shape index (κ3) is 2.21. The third-order valence-corrected chi connectivity index (χ3v) is 3.15. The Kier molecular flexibility index (Phi) is 3.53. The maximum atomic E-state index is 11.5. The van der Waals surface area contributed by atoms with Crippen LogP contribution in [0.15, 0.2) is 5.10 Å². The Morgan fingerprint density at radius 3 is 1.93 bits per heavy atom. The molecule has 0 aromatic heterocycles. The monoisotopic (exact) mass is 210 g/mol. The molecule has 2 atom stereocenters. The van der Waals surface area contributed by atoms with Gasteiger partial charge in [0.25, 0.3) is 0 Å². The summed E-state index contributed by atoms with van der Waals surface area (Å²) in [6.45, 7) is 12.7. The van der Waals surface area contributed by atoms with Crippen LogP contribution in [-0.4, -0.2) is 22.3 Å². The largest absolute Gasteiger partial charge is 0.857 e. The number of hydrazone groups is 1. The minimum atomic E-state index is 0.0151. The van der Waals surface area contributed by atoms with E-state index in [4.69, 9.17) is 0 Å². The maximum Gasteiger partial charge on any atom is 0.190 e. The molecular formula is C12H22N2O. The highest BCUT2D eigenvalue weighted by molar-refractivity contribution is 5.84. The Bertz CT molecular complexity index is 293. The van der Waals surface area contributed by atoms with Crippen LogP contribution in [-0.2, 0) is 0 Å². The lowest BCUT2D eigenvalue weighted by molar-refractivity contribution is -0.566.